The van der Waals surface area contributed by atoms with Crippen molar-refractivity contribution in [3.8, 4) is 0 Å². The molecule has 19 heavy (non-hydrogen) atoms. The van der Waals surface area contributed by atoms with Gasteiger partial charge in [-0.1, -0.05) is 0 Å². The first-order valence-electron chi connectivity index (χ1n) is 3.26. The molecule has 0 unspecified atom stereocenters. The summed E-state index contributed by atoms with van der Waals surface area (Å²) in [6, 6.07) is 0. The maximum absolute atomic E-state index is 9.04. The Labute approximate surface area is 113 Å². The van der Waals surface area contributed by atoms with E-state index in [4.69, 9.17) is 59.4 Å². The van der Waals surface area contributed by atoms with Gasteiger partial charge in [-0.25, -0.2) is 14.4 Å². The Morgan fingerprint density at radius 1 is 0.526 bits per heavy atom. The van der Waals surface area contributed by atoms with Gasteiger partial charge in [-0.3, -0.25) is 0 Å². The largest absolute Gasteiger partial charge is 0.539 e. The fourth-order valence-electron chi connectivity index (χ4n) is 0. The third kappa shape index (κ3) is 31.3. The van der Waals surface area contributed by atoms with Crippen molar-refractivity contribution in [2.75, 3.05) is 0 Å². The van der Waals surface area contributed by atoms with Gasteiger partial charge in [-0.15, -0.1) is 0 Å². The smallest absolute Gasteiger partial charge is 0.351 e. The third-order valence-corrected chi connectivity index (χ3v) is 0.524. The average molecular weight is 323 g/mol. The van der Waals surface area contributed by atoms with E-state index in [1.165, 1.54) is 0 Å². The Balaban J connectivity index is -0.0000000865. The van der Waals surface area contributed by atoms with Crippen LogP contribution in [0.2, 0.25) is 0 Å². The summed E-state index contributed by atoms with van der Waals surface area (Å²) in [6.07, 6.45) is 0. The van der Waals surface area contributed by atoms with Crippen molar-refractivity contribution in [2.24, 2.45) is 0 Å². The molecule has 13 heteroatoms. The third-order valence-electron chi connectivity index (χ3n) is 0.524. The molecular weight excluding hydrogens is 320 g/mol. The number of carbonyl (C=O) groups is 6. The summed E-state index contributed by atoms with van der Waals surface area (Å²) in [5.74, 6) is -12.0. The summed E-state index contributed by atoms with van der Waals surface area (Å²) >= 11 is 0. The average Bonchev–Trinajstić information content (AvgIpc) is 2.18. The van der Waals surface area contributed by atoms with Gasteiger partial charge in [0.2, 0.25) is 0 Å². The topological polar surface area (TPSA) is 232 Å². The van der Waals surface area contributed by atoms with Crippen LogP contribution in [0.5, 0.6) is 0 Å². The summed E-state index contributed by atoms with van der Waals surface area (Å²) in [5, 5.41) is 49.0. The van der Waals surface area contributed by atoms with Crippen LogP contribution in [0, 0.1) is 0 Å². The summed E-state index contributed by atoms with van der Waals surface area (Å²) in [7, 11) is 0. The fourth-order valence-corrected chi connectivity index (χ4v) is 0. The quantitative estimate of drug-likeness (QED) is 0.279. The van der Waals surface area contributed by atoms with E-state index in [1.54, 1.807) is 0 Å². The SMILES string of the molecule is O=C([O-])C(=O)O.O=C([O-])C(=O)O.O=C([O-])C(=O)O.[Fe]. The van der Waals surface area contributed by atoms with E-state index in [0.29, 0.717) is 0 Å². The number of rotatable bonds is 0. The van der Waals surface area contributed by atoms with E-state index < -0.39 is 35.8 Å². The van der Waals surface area contributed by atoms with E-state index in [1.807, 2.05) is 0 Å². The Morgan fingerprint density at radius 3 is 0.579 bits per heavy atom. The summed E-state index contributed by atoms with van der Waals surface area (Å²) < 4.78 is 0. The first kappa shape index (κ1) is 25.3. The van der Waals surface area contributed by atoms with Crippen molar-refractivity contribution in [3.05, 3.63) is 0 Å². The summed E-state index contributed by atoms with van der Waals surface area (Å²) in [4.78, 5) is 54.1. The van der Waals surface area contributed by atoms with E-state index in [2.05, 4.69) is 0 Å². The van der Waals surface area contributed by atoms with E-state index in [0.717, 1.165) is 0 Å². The molecule has 0 aliphatic carbocycles. The van der Waals surface area contributed by atoms with Gasteiger partial charge >= 0.3 is 17.9 Å². The second-order valence-electron chi connectivity index (χ2n) is 1.78. The zero-order valence-corrected chi connectivity index (χ0v) is 9.47. The molecule has 0 rings (SSSR count). The molecule has 0 amide bonds. The fraction of sp³-hybridized carbons (Fsp3) is 0. The minimum Gasteiger partial charge on any atom is -0.539 e. The molecule has 0 atom stereocenters. The van der Waals surface area contributed by atoms with Gasteiger partial charge in [0, 0.05) is 17.1 Å². The predicted molar refractivity (Wildman–Crippen MR) is 37.9 cm³/mol. The second-order valence-corrected chi connectivity index (χ2v) is 1.78. The van der Waals surface area contributed by atoms with E-state index >= 15 is 0 Å². The molecule has 0 bridgehead atoms. The molecule has 0 radical (unpaired) electrons. The van der Waals surface area contributed by atoms with Crippen molar-refractivity contribution in [1.29, 1.82) is 0 Å². The van der Waals surface area contributed by atoms with Gasteiger partial charge in [0.1, 0.15) is 0 Å². The standard InChI is InChI=1S/3C2H2O4.Fe/c3*3-1(4)2(5)6;/h3*(H,3,4)(H,5,6);/p-3. The maximum atomic E-state index is 9.04. The Hall–Kier alpha value is -2.66. The van der Waals surface area contributed by atoms with Crippen LogP contribution in [0.15, 0.2) is 0 Å². The van der Waals surface area contributed by atoms with Crippen LogP contribution in [0.4, 0.5) is 0 Å². The van der Waals surface area contributed by atoms with Gasteiger partial charge in [0.25, 0.3) is 0 Å². The molecule has 3 N–H and O–H groups in total. The van der Waals surface area contributed by atoms with Gasteiger partial charge in [-0.2, -0.15) is 0 Å². The Morgan fingerprint density at radius 2 is 0.579 bits per heavy atom. The Bertz CT molecular complexity index is 277. The van der Waals surface area contributed by atoms with Gasteiger partial charge in [-0.05, 0) is 0 Å². The number of hydrogen-bond donors (Lipinski definition) is 3. The van der Waals surface area contributed by atoms with Crippen molar-refractivity contribution in [1.82, 2.24) is 0 Å². The van der Waals surface area contributed by atoms with Crippen LogP contribution in [0.25, 0.3) is 0 Å². The molecule has 0 aromatic heterocycles. The molecule has 110 valence electrons. The molecule has 0 heterocycles. The van der Waals surface area contributed by atoms with Crippen molar-refractivity contribution >= 4 is 35.8 Å². The monoisotopic (exact) mass is 323 g/mol. The van der Waals surface area contributed by atoms with Crippen LogP contribution in [0.1, 0.15) is 0 Å². The number of carboxylic acids is 6. The molecule has 12 nitrogen and oxygen atoms in total. The van der Waals surface area contributed by atoms with Crippen molar-refractivity contribution in [2.45, 2.75) is 0 Å². The first-order valence-corrected chi connectivity index (χ1v) is 3.26. The number of carbonyl (C=O) groups excluding carboxylic acids is 3. The van der Waals surface area contributed by atoms with E-state index in [-0.39, 0.29) is 17.1 Å². The normalized spacial score (nSPS) is 6.95. The summed E-state index contributed by atoms with van der Waals surface area (Å²) in [6.45, 7) is 0. The van der Waals surface area contributed by atoms with Crippen molar-refractivity contribution < 1.29 is 76.5 Å². The molecule has 0 spiro atoms. The molecule has 0 aliphatic rings. The summed E-state index contributed by atoms with van der Waals surface area (Å²) in [5.41, 5.74) is 0. The minimum absolute atomic E-state index is 0. The Kier molecular flexibility index (Phi) is 17.8. The zero-order chi connectivity index (χ0) is 15.5. The molecular formula is C6H3FeO12-3. The molecule has 0 aromatic rings. The predicted octanol–water partition coefficient (Wildman–Crippen LogP) is -6.54. The van der Waals surface area contributed by atoms with Crippen LogP contribution in [0.3, 0.4) is 0 Å². The van der Waals surface area contributed by atoms with E-state index in [9.17, 15) is 0 Å². The van der Waals surface area contributed by atoms with Crippen LogP contribution in [-0.4, -0.2) is 51.1 Å². The van der Waals surface area contributed by atoms with Gasteiger partial charge in [0.15, 0.2) is 17.9 Å². The first-order chi connectivity index (χ1) is 7.93. The minimum atomic E-state index is -2.07. The number of hydrogen-bond acceptors (Lipinski definition) is 9. The van der Waals surface area contributed by atoms with Gasteiger partial charge in [0.05, 0.1) is 0 Å². The van der Waals surface area contributed by atoms with Gasteiger partial charge < -0.3 is 45.0 Å². The molecule has 0 fully saturated rings. The second kappa shape index (κ2) is 13.4. The van der Waals surface area contributed by atoms with Crippen LogP contribution < -0.4 is 15.3 Å². The van der Waals surface area contributed by atoms with Crippen molar-refractivity contribution in [3.63, 3.8) is 0 Å². The van der Waals surface area contributed by atoms with Crippen LogP contribution in [-0.2, 0) is 45.8 Å². The molecule has 0 aromatic carbocycles. The van der Waals surface area contributed by atoms with Crippen LogP contribution >= 0.6 is 0 Å². The number of carboxylic acid groups (broad SMARTS) is 6. The molecule has 0 saturated heterocycles. The molecule has 0 saturated carbocycles. The number of aliphatic carboxylic acids is 6. The molecule has 0 aliphatic heterocycles. The zero-order valence-electron chi connectivity index (χ0n) is 8.37. The maximum Gasteiger partial charge on any atom is 0.351 e.